The van der Waals surface area contributed by atoms with E-state index in [1.807, 2.05) is 0 Å². The van der Waals surface area contributed by atoms with E-state index in [4.69, 9.17) is 16.7 Å². The monoisotopic (exact) mass is 181 g/mol. The van der Waals surface area contributed by atoms with Crippen molar-refractivity contribution in [3.63, 3.8) is 0 Å². The zero-order valence-corrected chi connectivity index (χ0v) is 6.72. The lowest BCUT2D eigenvalue weighted by molar-refractivity contribution is 0.684. The fourth-order valence-electron chi connectivity index (χ4n) is 0.400. The molecule has 0 amide bonds. The fraction of sp³-hybridized carbons (Fsp3) is 0. The Hall–Kier alpha value is 0.1000. The molecule has 0 fully saturated rings. The first-order valence-electron chi connectivity index (χ1n) is 2.10. The minimum Gasteiger partial charge on any atom is -0.248 e. The maximum absolute atomic E-state index is 10.5. The van der Waals surface area contributed by atoms with E-state index in [2.05, 4.69) is 0 Å². The van der Waals surface area contributed by atoms with Crippen LogP contribution in [0.25, 0.3) is 0 Å². The van der Waals surface area contributed by atoms with Crippen LogP contribution in [0.4, 0.5) is 0 Å². The molecule has 0 spiro atoms. The highest BCUT2D eigenvalue weighted by Crippen LogP contribution is 2.20. The fourth-order valence-corrected chi connectivity index (χ4v) is 2.04. The Labute approximate surface area is 64.2 Å². The largest absolute Gasteiger partial charge is 0.248 e. The van der Waals surface area contributed by atoms with Gasteiger partial charge < -0.3 is 0 Å². The highest BCUT2D eigenvalue weighted by Gasteiger charge is 1.99. The molecule has 0 radical (unpaired) electrons. The minimum absolute atomic E-state index is 0.588. The highest BCUT2D eigenvalue weighted by molar-refractivity contribution is 7.82. The Morgan fingerprint density at radius 1 is 1.78 bits per heavy atom. The summed E-state index contributed by atoms with van der Waals surface area (Å²) >= 11 is 6.86. The normalized spacial score (nSPS) is 13.6. The van der Waals surface area contributed by atoms with E-state index in [-0.39, 0.29) is 0 Å². The molecule has 0 aromatic carbocycles. The van der Waals surface area contributed by atoms with Gasteiger partial charge in [-0.05, 0) is 6.07 Å². The van der Waals surface area contributed by atoms with Crippen LogP contribution in [-0.2, 0) is 11.0 Å². The second-order valence-corrected chi connectivity index (χ2v) is 3.99. The van der Waals surface area contributed by atoms with Crippen molar-refractivity contribution in [3.05, 3.63) is 15.8 Å². The average Bonchev–Trinajstić information content (AvgIpc) is 2.14. The summed E-state index contributed by atoms with van der Waals surface area (Å²) in [5.74, 6) is 0. The molecular weight excluding hydrogens is 178 g/mol. The van der Waals surface area contributed by atoms with Crippen LogP contribution < -0.4 is 5.14 Å². The van der Waals surface area contributed by atoms with Gasteiger partial charge >= 0.3 is 0 Å². The van der Waals surface area contributed by atoms with Crippen molar-refractivity contribution >= 4 is 33.9 Å². The van der Waals surface area contributed by atoms with Gasteiger partial charge in [-0.25, -0.2) is 9.35 Å². The Bertz CT molecular complexity index is 234. The summed E-state index contributed by atoms with van der Waals surface area (Å²) in [6.45, 7) is 0. The van der Waals surface area contributed by atoms with Crippen molar-refractivity contribution in [1.82, 2.24) is 0 Å². The standard InChI is InChI=1S/C4H4ClNOS2/c5-4-1-3(2-8-4)9(6)7/h1-2H,6H2. The molecule has 0 aliphatic rings. The van der Waals surface area contributed by atoms with Crippen molar-refractivity contribution in [2.24, 2.45) is 5.14 Å². The van der Waals surface area contributed by atoms with Gasteiger partial charge in [0.25, 0.3) is 0 Å². The van der Waals surface area contributed by atoms with Gasteiger partial charge in [-0.1, -0.05) is 11.6 Å². The van der Waals surface area contributed by atoms with Crippen molar-refractivity contribution in [2.45, 2.75) is 4.90 Å². The Morgan fingerprint density at radius 3 is 2.67 bits per heavy atom. The Morgan fingerprint density at radius 2 is 2.44 bits per heavy atom. The quantitative estimate of drug-likeness (QED) is 0.699. The van der Waals surface area contributed by atoms with Gasteiger partial charge in [-0.3, -0.25) is 0 Å². The third kappa shape index (κ3) is 1.76. The second kappa shape index (κ2) is 2.79. The molecular formula is C4H4ClNOS2. The molecule has 1 rings (SSSR count). The van der Waals surface area contributed by atoms with E-state index in [1.165, 1.54) is 11.3 Å². The third-order valence-electron chi connectivity index (χ3n) is 0.776. The number of nitrogens with two attached hydrogens (primary N) is 1. The van der Waals surface area contributed by atoms with E-state index < -0.39 is 11.0 Å². The van der Waals surface area contributed by atoms with Crippen LogP contribution in [0.15, 0.2) is 16.3 Å². The number of halogens is 1. The lowest BCUT2D eigenvalue weighted by Crippen LogP contribution is -2.00. The number of hydrogen-bond donors (Lipinski definition) is 1. The van der Waals surface area contributed by atoms with E-state index >= 15 is 0 Å². The van der Waals surface area contributed by atoms with Crippen molar-refractivity contribution in [1.29, 1.82) is 0 Å². The van der Waals surface area contributed by atoms with Gasteiger partial charge in [0.1, 0.15) is 11.0 Å². The molecule has 2 N–H and O–H groups in total. The lowest BCUT2D eigenvalue weighted by Gasteiger charge is -1.82. The molecule has 1 aromatic heterocycles. The summed E-state index contributed by atoms with van der Waals surface area (Å²) in [4.78, 5) is 0.588. The topological polar surface area (TPSA) is 43.1 Å². The molecule has 1 unspecified atom stereocenters. The van der Waals surface area contributed by atoms with Crippen molar-refractivity contribution in [2.75, 3.05) is 0 Å². The summed E-state index contributed by atoms with van der Waals surface area (Å²) in [6.07, 6.45) is 0. The SMILES string of the molecule is NS(=O)c1csc(Cl)c1. The summed E-state index contributed by atoms with van der Waals surface area (Å²) in [5, 5.41) is 6.73. The number of thiophene rings is 1. The molecule has 1 heterocycles. The van der Waals surface area contributed by atoms with Crippen molar-refractivity contribution in [3.8, 4) is 0 Å². The van der Waals surface area contributed by atoms with Gasteiger partial charge in [-0.15, -0.1) is 11.3 Å². The third-order valence-corrected chi connectivity index (χ3v) is 2.72. The molecule has 2 nitrogen and oxygen atoms in total. The summed E-state index contributed by atoms with van der Waals surface area (Å²) in [6, 6.07) is 1.60. The lowest BCUT2D eigenvalue weighted by atomic mass is 10.7. The smallest absolute Gasteiger partial charge is 0.123 e. The van der Waals surface area contributed by atoms with Crippen LogP contribution in [0.3, 0.4) is 0 Å². The van der Waals surface area contributed by atoms with Crippen LogP contribution in [-0.4, -0.2) is 4.21 Å². The van der Waals surface area contributed by atoms with Gasteiger partial charge in [0.2, 0.25) is 0 Å². The van der Waals surface area contributed by atoms with E-state index in [0.717, 1.165) is 0 Å². The molecule has 1 aromatic rings. The first kappa shape index (κ1) is 7.21. The molecule has 0 bridgehead atoms. The summed E-state index contributed by atoms with van der Waals surface area (Å²) in [7, 11) is -1.38. The highest BCUT2D eigenvalue weighted by atomic mass is 35.5. The average molecular weight is 182 g/mol. The van der Waals surface area contributed by atoms with Crippen LogP contribution in [0.1, 0.15) is 0 Å². The summed E-state index contributed by atoms with van der Waals surface area (Å²) < 4.78 is 11.1. The molecule has 1 atom stereocenters. The maximum Gasteiger partial charge on any atom is 0.123 e. The first-order chi connectivity index (χ1) is 4.20. The Kier molecular flexibility index (Phi) is 2.23. The summed E-state index contributed by atoms with van der Waals surface area (Å²) in [5.41, 5.74) is 0. The Balaban J connectivity index is 2.98. The zero-order chi connectivity index (χ0) is 6.85. The molecule has 0 aliphatic heterocycles. The zero-order valence-electron chi connectivity index (χ0n) is 4.33. The van der Waals surface area contributed by atoms with Gasteiger partial charge in [0.15, 0.2) is 0 Å². The van der Waals surface area contributed by atoms with Crippen LogP contribution in [0, 0.1) is 0 Å². The van der Waals surface area contributed by atoms with Crippen LogP contribution >= 0.6 is 22.9 Å². The number of rotatable bonds is 1. The maximum atomic E-state index is 10.5. The van der Waals surface area contributed by atoms with E-state index in [0.29, 0.717) is 9.23 Å². The van der Waals surface area contributed by atoms with Crippen LogP contribution in [0.2, 0.25) is 4.34 Å². The number of hydrogen-bond acceptors (Lipinski definition) is 2. The van der Waals surface area contributed by atoms with Gasteiger partial charge in [-0.2, -0.15) is 0 Å². The van der Waals surface area contributed by atoms with Gasteiger partial charge in [0.05, 0.1) is 9.23 Å². The van der Waals surface area contributed by atoms with Crippen LogP contribution in [0.5, 0.6) is 0 Å². The minimum atomic E-state index is -1.38. The second-order valence-electron chi connectivity index (χ2n) is 1.38. The molecule has 50 valence electrons. The predicted molar refractivity (Wildman–Crippen MR) is 39.9 cm³/mol. The molecule has 0 saturated heterocycles. The molecule has 9 heavy (non-hydrogen) atoms. The molecule has 5 heteroatoms. The van der Waals surface area contributed by atoms with E-state index in [9.17, 15) is 4.21 Å². The molecule has 0 aliphatic carbocycles. The van der Waals surface area contributed by atoms with E-state index in [1.54, 1.807) is 11.4 Å². The first-order valence-corrected chi connectivity index (χ1v) is 4.57. The predicted octanol–water partition coefficient (Wildman–Crippen LogP) is 1.38. The van der Waals surface area contributed by atoms with Gasteiger partial charge in [0, 0.05) is 5.38 Å². The molecule has 0 saturated carbocycles. The van der Waals surface area contributed by atoms with Crippen molar-refractivity contribution < 1.29 is 4.21 Å².